The lowest BCUT2D eigenvalue weighted by Gasteiger charge is -2.11. The second-order valence-electron chi connectivity index (χ2n) is 4.36. The van der Waals surface area contributed by atoms with Gasteiger partial charge in [0, 0.05) is 16.7 Å². The van der Waals surface area contributed by atoms with E-state index in [9.17, 15) is 13.2 Å². The second-order valence-corrected chi connectivity index (χ2v) is 5.21. The molecule has 0 heterocycles. The minimum atomic E-state index is -4.34. The molecule has 0 aliphatic carbocycles. The summed E-state index contributed by atoms with van der Waals surface area (Å²) in [7, 11) is 0. The van der Waals surface area contributed by atoms with Crippen LogP contribution in [0, 0.1) is 11.3 Å². The molecular formula is C15H10BrF3N2. The van der Waals surface area contributed by atoms with E-state index in [4.69, 9.17) is 5.26 Å². The van der Waals surface area contributed by atoms with Crippen molar-refractivity contribution in [3.8, 4) is 6.07 Å². The molecule has 0 saturated carbocycles. The Morgan fingerprint density at radius 3 is 2.52 bits per heavy atom. The van der Waals surface area contributed by atoms with Crippen LogP contribution in [0.5, 0.6) is 0 Å². The highest BCUT2D eigenvalue weighted by Crippen LogP contribution is 2.30. The van der Waals surface area contributed by atoms with Crippen LogP contribution in [0.25, 0.3) is 0 Å². The van der Waals surface area contributed by atoms with Crippen molar-refractivity contribution in [3.05, 3.63) is 63.6 Å². The van der Waals surface area contributed by atoms with E-state index in [0.717, 1.165) is 12.1 Å². The number of alkyl halides is 3. The van der Waals surface area contributed by atoms with Crippen molar-refractivity contribution in [3.63, 3.8) is 0 Å². The Hall–Kier alpha value is -2.00. The van der Waals surface area contributed by atoms with Gasteiger partial charge >= 0.3 is 6.18 Å². The molecule has 0 radical (unpaired) electrons. The Kier molecular flexibility index (Phi) is 4.53. The third-order valence-electron chi connectivity index (χ3n) is 2.84. The SMILES string of the molecule is N#Cc1ccc(NCc2cccc(C(F)(F)F)c2)c(Br)c1. The largest absolute Gasteiger partial charge is 0.416 e. The first-order chi connectivity index (χ1) is 9.90. The number of rotatable bonds is 3. The fourth-order valence-corrected chi connectivity index (χ4v) is 2.30. The Balaban J connectivity index is 2.12. The molecule has 2 rings (SSSR count). The number of anilines is 1. The molecule has 0 fully saturated rings. The standard InChI is InChI=1S/C15H10BrF3N2/c16-13-7-10(8-20)4-5-14(13)21-9-11-2-1-3-12(6-11)15(17,18)19/h1-7,21H,9H2. The van der Waals surface area contributed by atoms with E-state index in [0.29, 0.717) is 21.3 Å². The second kappa shape index (κ2) is 6.19. The van der Waals surface area contributed by atoms with Gasteiger partial charge in [-0.05, 0) is 51.8 Å². The summed E-state index contributed by atoms with van der Waals surface area (Å²) in [5.74, 6) is 0. The summed E-state index contributed by atoms with van der Waals surface area (Å²) in [4.78, 5) is 0. The zero-order chi connectivity index (χ0) is 15.5. The lowest BCUT2D eigenvalue weighted by molar-refractivity contribution is -0.137. The summed E-state index contributed by atoms with van der Waals surface area (Å²) >= 11 is 3.31. The molecule has 0 unspecified atom stereocenters. The van der Waals surface area contributed by atoms with Crippen LogP contribution in [0.2, 0.25) is 0 Å². The molecule has 0 spiro atoms. The molecular weight excluding hydrogens is 345 g/mol. The number of nitriles is 1. The topological polar surface area (TPSA) is 35.8 Å². The van der Waals surface area contributed by atoms with Gasteiger partial charge in [-0.15, -0.1) is 0 Å². The maximum absolute atomic E-state index is 12.6. The molecule has 2 aromatic carbocycles. The summed E-state index contributed by atoms with van der Waals surface area (Å²) in [6.07, 6.45) is -4.34. The van der Waals surface area contributed by atoms with E-state index >= 15 is 0 Å². The molecule has 21 heavy (non-hydrogen) atoms. The first-order valence-electron chi connectivity index (χ1n) is 6.00. The average molecular weight is 355 g/mol. The van der Waals surface area contributed by atoms with E-state index in [-0.39, 0.29) is 6.54 Å². The molecule has 108 valence electrons. The summed E-state index contributed by atoms with van der Waals surface area (Å²) in [5.41, 5.74) is 1.08. The first kappa shape index (κ1) is 15.4. The van der Waals surface area contributed by atoms with Crippen LogP contribution in [-0.4, -0.2) is 0 Å². The van der Waals surface area contributed by atoms with Crippen LogP contribution < -0.4 is 5.32 Å². The Bertz CT molecular complexity index is 690. The van der Waals surface area contributed by atoms with Gasteiger partial charge in [0.2, 0.25) is 0 Å². The van der Waals surface area contributed by atoms with Gasteiger partial charge in [0.25, 0.3) is 0 Å². The molecule has 0 atom stereocenters. The third-order valence-corrected chi connectivity index (χ3v) is 3.49. The quantitative estimate of drug-likeness (QED) is 0.846. The number of hydrogen-bond donors (Lipinski definition) is 1. The van der Waals surface area contributed by atoms with Gasteiger partial charge < -0.3 is 5.32 Å². The van der Waals surface area contributed by atoms with Gasteiger partial charge in [0.05, 0.1) is 17.2 Å². The Labute approximate surface area is 128 Å². The average Bonchev–Trinajstić information content (AvgIpc) is 2.45. The number of nitrogens with zero attached hydrogens (tertiary/aromatic N) is 1. The molecule has 0 aliphatic rings. The van der Waals surface area contributed by atoms with Crippen molar-refractivity contribution in [1.29, 1.82) is 5.26 Å². The van der Waals surface area contributed by atoms with Crippen LogP contribution >= 0.6 is 15.9 Å². The molecule has 2 nitrogen and oxygen atoms in total. The lowest BCUT2D eigenvalue weighted by Crippen LogP contribution is -2.07. The molecule has 0 aromatic heterocycles. The smallest absolute Gasteiger partial charge is 0.380 e. The minimum absolute atomic E-state index is 0.258. The monoisotopic (exact) mass is 354 g/mol. The summed E-state index contributed by atoms with van der Waals surface area (Å²) in [5, 5.41) is 11.8. The van der Waals surface area contributed by atoms with E-state index in [1.165, 1.54) is 6.07 Å². The van der Waals surface area contributed by atoms with Crippen molar-refractivity contribution < 1.29 is 13.2 Å². The van der Waals surface area contributed by atoms with Crippen LogP contribution in [0.3, 0.4) is 0 Å². The van der Waals surface area contributed by atoms with Crippen molar-refractivity contribution >= 4 is 21.6 Å². The maximum atomic E-state index is 12.6. The summed E-state index contributed by atoms with van der Waals surface area (Å²) < 4.78 is 38.5. The van der Waals surface area contributed by atoms with Crippen molar-refractivity contribution in [2.45, 2.75) is 12.7 Å². The molecule has 0 aliphatic heterocycles. The van der Waals surface area contributed by atoms with E-state index in [1.807, 2.05) is 6.07 Å². The van der Waals surface area contributed by atoms with E-state index in [1.54, 1.807) is 24.3 Å². The highest BCUT2D eigenvalue weighted by Gasteiger charge is 2.30. The van der Waals surface area contributed by atoms with Crippen LogP contribution in [-0.2, 0) is 12.7 Å². The Morgan fingerprint density at radius 2 is 1.90 bits per heavy atom. The summed E-state index contributed by atoms with van der Waals surface area (Å²) in [6.45, 7) is 0.258. The van der Waals surface area contributed by atoms with Gasteiger partial charge in [0.15, 0.2) is 0 Å². The van der Waals surface area contributed by atoms with Gasteiger partial charge in [-0.1, -0.05) is 12.1 Å². The minimum Gasteiger partial charge on any atom is -0.380 e. The molecule has 0 amide bonds. The number of hydrogen-bond acceptors (Lipinski definition) is 2. The highest BCUT2D eigenvalue weighted by atomic mass is 79.9. The number of benzene rings is 2. The summed E-state index contributed by atoms with van der Waals surface area (Å²) in [6, 6.07) is 12.2. The van der Waals surface area contributed by atoms with Crippen LogP contribution in [0.15, 0.2) is 46.9 Å². The van der Waals surface area contributed by atoms with Gasteiger partial charge in [-0.2, -0.15) is 18.4 Å². The predicted molar refractivity (Wildman–Crippen MR) is 77.6 cm³/mol. The maximum Gasteiger partial charge on any atom is 0.416 e. The molecule has 0 saturated heterocycles. The van der Waals surface area contributed by atoms with Crippen molar-refractivity contribution in [2.75, 3.05) is 5.32 Å². The predicted octanol–water partition coefficient (Wildman–Crippen LogP) is 4.95. The number of halogens is 4. The first-order valence-corrected chi connectivity index (χ1v) is 6.79. The van der Waals surface area contributed by atoms with E-state index < -0.39 is 11.7 Å². The zero-order valence-corrected chi connectivity index (χ0v) is 12.3. The molecule has 2 aromatic rings. The van der Waals surface area contributed by atoms with Gasteiger partial charge in [-0.3, -0.25) is 0 Å². The van der Waals surface area contributed by atoms with Crippen molar-refractivity contribution in [1.82, 2.24) is 0 Å². The van der Waals surface area contributed by atoms with Crippen LogP contribution in [0.1, 0.15) is 16.7 Å². The Morgan fingerprint density at radius 1 is 1.14 bits per heavy atom. The zero-order valence-electron chi connectivity index (χ0n) is 10.7. The van der Waals surface area contributed by atoms with Crippen molar-refractivity contribution in [2.24, 2.45) is 0 Å². The van der Waals surface area contributed by atoms with Gasteiger partial charge in [0.1, 0.15) is 0 Å². The normalized spacial score (nSPS) is 11.0. The van der Waals surface area contributed by atoms with Crippen LogP contribution in [0.4, 0.5) is 18.9 Å². The third kappa shape index (κ3) is 3.99. The number of nitrogens with one attached hydrogen (secondary N) is 1. The molecule has 0 bridgehead atoms. The highest BCUT2D eigenvalue weighted by molar-refractivity contribution is 9.10. The van der Waals surface area contributed by atoms with Gasteiger partial charge in [-0.25, -0.2) is 0 Å². The molecule has 6 heteroatoms. The van der Waals surface area contributed by atoms with E-state index in [2.05, 4.69) is 21.2 Å². The fraction of sp³-hybridized carbons (Fsp3) is 0.133. The lowest BCUT2D eigenvalue weighted by atomic mass is 10.1. The fourth-order valence-electron chi connectivity index (χ4n) is 1.78. The molecule has 1 N–H and O–H groups in total.